The van der Waals surface area contributed by atoms with Crippen LogP contribution in [-0.4, -0.2) is 35.3 Å². The molecule has 0 saturated carbocycles. The van der Waals surface area contributed by atoms with Gasteiger partial charge in [-0.2, -0.15) is 5.10 Å². The molecule has 1 saturated heterocycles. The van der Waals surface area contributed by atoms with E-state index in [-0.39, 0.29) is 11.4 Å². The number of hydrogen-bond acceptors (Lipinski definition) is 3. The fourth-order valence-corrected chi connectivity index (χ4v) is 2.47. The topological polar surface area (TPSA) is 59.0 Å². The SMILES string of the molecule is CC(C)(C)n1cc(C(=O)NCCC2CCCNC2)cn1. The third kappa shape index (κ3) is 4.07. The number of nitrogens with zero attached hydrogens (tertiary/aromatic N) is 2. The number of nitrogens with one attached hydrogen (secondary N) is 2. The van der Waals surface area contributed by atoms with E-state index in [0.717, 1.165) is 26.1 Å². The minimum Gasteiger partial charge on any atom is -0.352 e. The van der Waals surface area contributed by atoms with Gasteiger partial charge in [0.1, 0.15) is 0 Å². The van der Waals surface area contributed by atoms with Crippen molar-refractivity contribution < 1.29 is 4.79 Å². The first kappa shape index (κ1) is 15.0. The number of piperidine rings is 1. The molecule has 20 heavy (non-hydrogen) atoms. The molecule has 0 aliphatic carbocycles. The van der Waals surface area contributed by atoms with E-state index >= 15 is 0 Å². The molecule has 1 amide bonds. The van der Waals surface area contributed by atoms with E-state index in [1.165, 1.54) is 12.8 Å². The van der Waals surface area contributed by atoms with Gasteiger partial charge in [0.05, 0.1) is 17.3 Å². The molecule has 5 nitrogen and oxygen atoms in total. The average Bonchev–Trinajstić information content (AvgIpc) is 2.89. The highest BCUT2D eigenvalue weighted by atomic mass is 16.1. The van der Waals surface area contributed by atoms with Gasteiger partial charge < -0.3 is 10.6 Å². The van der Waals surface area contributed by atoms with Gasteiger partial charge >= 0.3 is 0 Å². The molecule has 1 aromatic rings. The van der Waals surface area contributed by atoms with Crippen LogP contribution >= 0.6 is 0 Å². The van der Waals surface area contributed by atoms with Crippen LogP contribution < -0.4 is 10.6 Å². The van der Waals surface area contributed by atoms with Crippen LogP contribution in [0.5, 0.6) is 0 Å². The van der Waals surface area contributed by atoms with E-state index in [4.69, 9.17) is 0 Å². The molecule has 0 bridgehead atoms. The van der Waals surface area contributed by atoms with Gasteiger partial charge in [-0.25, -0.2) is 0 Å². The minimum atomic E-state index is -0.0910. The summed E-state index contributed by atoms with van der Waals surface area (Å²) in [7, 11) is 0. The molecule has 0 radical (unpaired) electrons. The third-order valence-corrected chi connectivity index (χ3v) is 3.77. The summed E-state index contributed by atoms with van der Waals surface area (Å²) in [4.78, 5) is 12.0. The maximum Gasteiger partial charge on any atom is 0.254 e. The summed E-state index contributed by atoms with van der Waals surface area (Å²) in [5.41, 5.74) is 0.549. The second kappa shape index (κ2) is 6.39. The largest absolute Gasteiger partial charge is 0.352 e. The number of hydrogen-bond donors (Lipinski definition) is 2. The van der Waals surface area contributed by atoms with Crippen LogP contribution in [0.25, 0.3) is 0 Å². The lowest BCUT2D eigenvalue weighted by Gasteiger charge is -2.22. The molecule has 2 heterocycles. The fourth-order valence-electron chi connectivity index (χ4n) is 2.47. The van der Waals surface area contributed by atoms with E-state index in [1.54, 1.807) is 6.20 Å². The molecule has 1 aliphatic heterocycles. The Morgan fingerprint density at radius 1 is 1.55 bits per heavy atom. The van der Waals surface area contributed by atoms with Gasteiger partial charge in [-0.3, -0.25) is 9.48 Å². The predicted octanol–water partition coefficient (Wildman–Crippen LogP) is 1.76. The minimum absolute atomic E-state index is 0.0238. The van der Waals surface area contributed by atoms with Crippen molar-refractivity contribution in [1.29, 1.82) is 0 Å². The number of rotatable bonds is 4. The Balaban J connectivity index is 1.78. The van der Waals surface area contributed by atoms with Gasteiger partial charge in [0.15, 0.2) is 0 Å². The Morgan fingerprint density at radius 2 is 2.35 bits per heavy atom. The van der Waals surface area contributed by atoms with Crippen molar-refractivity contribution in [1.82, 2.24) is 20.4 Å². The zero-order valence-corrected chi connectivity index (χ0v) is 12.8. The quantitative estimate of drug-likeness (QED) is 0.882. The van der Waals surface area contributed by atoms with Crippen molar-refractivity contribution in [3.63, 3.8) is 0 Å². The van der Waals surface area contributed by atoms with Crippen molar-refractivity contribution in [2.75, 3.05) is 19.6 Å². The van der Waals surface area contributed by atoms with Crippen molar-refractivity contribution >= 4 is 5.91 Å². The first-order chi connectivity index (χ1) is 9.47. The van der Waals surface area contributed by atoms with Crippen LogP contribution in [0, 0.1) is 5.92 Å². The molecule has 1 fully saturated rings. The monoisotopic (exact) mass is 278 g/mol. The first-order valence-electron chi connectivity index (χ1n) is 7.51. The lowest BCUT2D eigenvalue weighted by atomic mass is 9.96. The summed E-state index contributed by atoms with van der Waals surface area (Å²) in [6, 6.07) is 0. The number of carbonyl (C=O) groups excluding carboxylic acids is 1. The smallest absolute Gasteiger partial charge is 0.254 e. The lowest BCUT2D eigenvalue weighted by Crippen LogP contribution is -2.33. The maximum atomic E-state index is 12.0. The lowest BCUT2D eigenvalue weighted by molar-refractivity contribution is 0.0950. The maximum absolute atomic E-state index is 12.0. The van der Waals surface area contributed by atoms with Crippen LogP contribution in [0.2, 0.25) is 0 Å². The third-order valence-electron chi connectivity index (χ3n) is 3.77. The van der Waals surface area contributed by atoms with E-state index in [1.807, 2.05) is 10.9 Å². The highest BCUT2D eigenvalue weighted by molar-refractivity contribution is 5.93. The fraction of sp³-hybridized carbons (Fsp3) is 0.733. The first-order valence-corrected chi connectivity index (χ1v) is 7.51. The standard InChI is InChI=1S/C15H26N4O/c1-15(2,3)19-11-13(10-18-19)14(20)17-8-6-12-5-4-7-16-9-12/h10-12,16H,4-9H2,1-3H3,(H,17,20). The van der Waals surface area contributed by atoms with E-state index in [2.05, 4.69) is 36.5 Å². The summed E-state index contributed by atoms with van der Waals surface area (Å²) in [5, 5.41) is 10.6. The van der Waals surface area contributed by atoms with E-state index in [0.29, 0.717) is 11.5 Å². The van der Waals surface area contributed by atoms with Gasteiger partial charge in [0.25, 0.3) is 5.91 Å². The summed E-state index contributed by atoms with van der Waals surface area (Å²) >= 11 is 0. The highest BCUT2D eigenvalue weighted by Crippen LogP contribution is 2.14. The van der Waals surface area contributed by atoms with Crippen LogP contribution in [-0.2, 0) is 5.54 Å². The molecule has 112 valence electrons. The molecule has 0 aromatic carbocycles. The molecular weight excluding hydrogens is 252 g/mol. The summed E-state index contributed by atoms with van der Waals surface area (Å²) in [6.07, 6.45) is 7.02. The molecule has 5 heteroatoms. The molecule has 1 unspecified atom stereocenters. The molecular formula is C15H26N4O. The molecule has 1 aromatic heterocycles. The van der Waals surface area contributed by atoms with Crippen molar-refractivity contribution in [3.8, 4) is 0 Å². The Morgan fingerprint density at radius 3 is 2.95 bits per heavy atom. The number of carbonyl (C=O) groups is 1. The Hall–Kier alpha value is -1.36. The predicted molar refractivity (Wildman–Crippen MR) is 79.8 cm³/mol. The summed E-state index contributed by atoms with van der Waals surface area (Å²) < 4.78 is 1.83. The van der Waals surface area contributed by atoms with Crippen LogP contribution in [0.4, 0.5) is 0 Å². The van der Waals surface area contributed by atoms with Gasteiger partial charge in [0.2, 0.25) is 0 Å². The number of amides is 1. The summed E-state index contributed by atoms with van der Waals surface area (Å²) in [6.45, 7) is 9.16. The van der Waals surface area contributed by atoms with Crippen LogP contribution in [0.1, 0.15) is 50.4 Å². The van der Waals surface area contributed by atoms with Gasteiger partial charge in [-0.05, 0) is 59.0 Å². The van der Waals surface area contributed by atoms with Gasteiger partial charge in [0, 0.05) is 12.7 Å². The number of aromatic nitrogens is 2. The highest BCUT2D eigenvalue weighted by Gasteiger charge is 2.17. The zero-order valence-electron chi connectivity index (χ0n) is 12.8. The summed E-state index contributed by atoms with van der Waals surface area (Å²) in [5.74, 6) is 0.672. The van der Waals surface area contributed by atoms with E-state index in [9.17, 15) is 4.79 Å². The van der Waals surface area contributed by atoms with Crippen molar-refractivity contribution in [3.05, 3.63) is 18.0 Å². The zero-order chi connectivity index (χ0) is 14.6. The second-order valence-corrected chi connectivity index (χ2v) is 6.60. The normalized spacial score (nSPS) is 19.9. The van der Waals surface area contributed by atoms with Crippen LogP contribution in [0.15, 0.2) is 12.4 Å². The molecule has 1 aliphatic rings. The average molecular weight is 278 g/mol. The Labute approximate surface area is 121 Å². The molecule has 0 spiro atoms. The molecule has 2 rings (SSSR count). The van der Waals surface area contributed by atoms with Gasteiger partial charge in [-0.1, -0.05) is 0 Å². The van der Waals surface area contributed by atoms with Gasteiger partial charge in [-0.15, -0.1) is 0 Å². The van der Waals surface area contributed by atoms with Crippen molar-refractivity contribution in [2.45, 2.75) is 45.6 Å². The molecule has 1 atom stereocenters. The molecule has 2 N–H and O–H groups in total. The van der Waals surface area contributed by atoms with Crippen LogP contribution in [0.3, 0.4) is 0 Å². The second-order valence-electron chi connectivity index (χ2n) is 6.60. The van der Waals surface area contributed by atoms with E-state index < -0.39 is 0 Å². The van der Waals surface area contributed by atoms with Crippen molar-refractivity contribution in [2.24, 2.45) is 5.92 Å². The Kier molecular flexibility index (Phi) is 4.81. The Bertz CT molecular complexity index is 441.